The van der Waals surface area contributed by atoms with Crippen molar-refractivity contribution in [2.75, 3.05) is 0 Å². The third kappa shape index (κ3) is 1.91. The van der Waals surface area contributed by atoms with Gasteiger partial charge in [-0.3, -0.25) is 14.0 Å². The van der Waals surface area contributed by atoms with Gasteiger partial charge >= 0.3 is 0 Å². The Balaban J connectivity index is 1.76. The van der Waals surface area contributed by atoms with Gasteiger partial charge in [0.2, 0.25) is 0 Å². The average molecular weight is 422 g/mol. The minimum Gasteiger partial charge on any atom is -0.289 e. The molecule has 33 heavy (non-hydrogen) atoms. The Morgan fingerprint density at radius 3 is 2.09 bits per heavy atom. The van der Waals surface area contributed by atoms with Crippen LogP contribution in [0.25, 0.3) is 70.5 Å². The molecule has 8 rings (SSSR count). The maximum Gasteiger partial charge on any atom is 0.264 e. The Morgan fingerprint density at radius 1 is 0.576 bits per heavy atom. The molecule has 0 N–H and O–H groups in total. The monoisotopic (exact) mass is 422 g/mol. The summed E-state index contributed by atoms with van der Waals surface area (Å²) in [6.07, 6.45) is 0. The second-order valence-electron chi connectivity index (χ2n) is 8.68. The van der Waals surface area contributed by atoms with Gasteiger partial charge in [0.15, 0.2) is 5.43 Å². The van der Waals surface area contributed by atoms with Crippen molar-refractivity contribution in [2.24, 2.45) is 0 Å². The van der Waals surface area contributed by atoms with Crippen LogP contribution in [-0.4, -0.2) is 9.38 Å². The number of hydrogen-bond donors (Lipinski definition) is 0. The van der Waals surface area contributed by atoms with E-state index < -0.39 is 0 Å². The molecule has 0 spiro atoms. The number of benzene rings is 6. The highest BCUT2D eigenvalue weighted by molar-refractivity contribution is 6.28. The van der Waals surface area contributed by atoms with Crippen molar-refractivity contribution >= 4 is 70.5 Å². The van der Waals surface area contributed by atoms with E-state index in [9.17, 15) is 9.59 Å². The number of nitrogens with zero attached hydrogens (tertiary/aromatic N) is 2. The fraction of sp³-hybridized carbons (Fsp3) is 0. The van der Waals surface area contributed by atoms with Crippen molar-refractivity contribution in [3.8, 4) is 0 Å². The largest absolute Gasteiger partial charge is 0.289 e. The topological polar surface area (TPSA) is 51.4 Å². The van der Waals surface area contributed by atoms with Gasteiger partial charge in [-0.05, 0) is 28.3 Å². The van der Waals surface area contributed by atoms with E-state index in [0.717, 1.165) is 48.7 Å². The van der Waals surface area contributed by atoms with Gasteiger partial charge in [-0.1, -0.05) is 72.8 Å². The Labute approximate surface area is 185 Å². The number of rotatable bonds is 0. The van der Waals surface area contributed by atoms with Gasteiger partial charge in [0.05, 0.1) is 11.0 Å². The Hall–Kier alpha value is -4.57. The van der Waals surface area contributed by atoms with E-state index in [4.69, 9.17) is 4.98 Å². The Morgan fingerprint density at radius 2 is 1.24 bits per heavy atom. The molecule has 2 heterocycles. The molecule has 4 nitrogen and oxygen atoms in total. The smallest absolute Gasteiger partial charge is 0.264 e. The van der Waals surface area contributed by atoms with Crippen molar-refractivity contribution in [3.05, 3.63) is 106 Å². The number of fused-ring (bicyclic) bond motifs is 7. The number of pyridine rings is 1. The lowest BCUT2D eigenvalue weighted by Gasteiger charge is -2.10. The summed E-state index contributed by atoms with van der Waals surface area (Å²) < 4.78 is 1.74. The first-order valence-corrected chi connectivity index (χ1v) is 10.9. The summed E-state index contributed by atoms with van der Waals surface area (Å²) in [5.74, 6) is 0. The molecule has 0 amide bonds. The molecule has 0 aliphatic carbocycles. The first-order chi connectivity index (χ1) is 16.2. The highest BCUT2D eigenvalue weighted by Gasteiger charge is 2.20. The first-order valence-electron chi connectivity index (χ1n) is 10.9. The molecular weight excluding hydrogens is 408 g/mol. The zero-order valence-corrected chi connectivity index (χ0v) is 17.3. The molecule has 0 aliphatic rings. The summed E-state index contributed by atoms with van der Waals surface area (Å²) >= 11 is 0. The molecule has 8 aromatic rings. The predicted octanol–water partition coefficient (Wildman–Crippen LogP) is 5.85. The normalized spacial score (nSPS) is 12.5. The second kappa shape index (κ2) is 5.61. The fourth-order valence-electron chi connectivity index (χ4n) is 5.71. The predicted molar refractivity (Wildman–Crippen MR) is 135 cm³/mol. The molecule has 2 aromatic heterocycles. The molecule has 0 atom stereocenters. The van der Waals surface area contributed by atoms with Crippen LogP contribution in [0.3, 0.4) is 0 Å². The van der Waals surface area contributed by atoms with Gasteiger partial charge in [-0.25, -0.2) is 4.98 Å². The maximum atomic E-state index is 13.8. The summed E-state index contributed by atoms with van der Waals surface area (Å²) in [5.41, 5.74) is 2.10. The molecule has 6 aromatic carbocycles. The molecule has 0 unspecified atom stereocenters. The molecular formula is C29H14N2O2. The van der Waals surface area contributed by atoms with Crippen LogP contribution in [-0.2, 0) is 0 Å². The van der Waals surface area contributed by atoms with E-state index in [2.05, 4.69) is 0 Å². The number of hydrogen-bond acceptors (Lipinski definition) is 3. The van der Waals surface area contributed by atoms with E-state index in [1.165, 1.54) is 0 Å². The average Bonchev–Trinajstić information content (AvgIpc) is 3.25. The van der Waals surface area contributed by atoms with Crippen LogP contribution in [0.5, 0.6) is 0 Å². The summed E-state index contributed by atoms with van der Waals surface area (Å²) in [5, 5.41) is 8.65. The number of aromatic nitrogens is 2. The lowest BCUT2D eigenvalue weighted by Crippen LogP contribution is -2.13. The first kappa shape index (κ1) is 17.0. The van der Waals surface area contributed by atoms with Crippen LogP contribution < -0.4 is 11.0 Å². The zero-order valence-electron chi connectivity index (χ0n) is 17.3. The van der Waals surface area contributed by atoms with E-state index >= 15 is 0 Å². The molecule has 0 saturated carbocycles. The van der Waals surface area contributed by atoms with E-state index in [0.29, 0.717) is 21.8 Å². The van der Waals surface area contributed by atoms with Crippen LogP contribution in [0.15, 0.2) is 94.5 Å². The van der Waals surface area contributed by atoms with Gasteiger partial charge in [-0.15, -0.1) is 0 Å². The lowest BCUT2D eigenvalue weighted by atomic mass is 9.94. The van der Waals surface area contributed by atoms with E-state index in [1.807, 2.05) is 84.9 Å². The SMILES string of the molecule is O=c1c2ccccc2c2cc3nc4c5cccc6cccc(c(=O)n4c3c3cccc1c23)c65. The third-order valence-corrected chi connectivity index (χ3v) is 7.06. The molecule has 0 aliphatic heterocycles. The highest BCUT2D eigenvalue weighted by Crippen LogP contribution is 2.37. The lowest BCUT2D eigenvalue weighted by molar-refractivity contribution is 1.19. The minimum absolute atomic E-state index is 0.0165. The Kier molecular flexibility index (Phi) is 2.90. The summed E-state index contributed by atoms with van der Waals surface area (Å²) in [4.78, 5) is 32.1. The fourth-order valence-corrected chi connectivity index (χ4v) is 5.71. The molecule has 4 heteroatoms. The van der Waals surface area contributed by atoms with Crippen LogP contribution >= 0.6 is 0 Å². The van der Waals surface area contributed by atoms with Crippen molar-refractivity contribution in [1.29, 1.82) is 0 Å². The quantitative estimate of drug-likeness (QED) is 0.228. The standard InChI is InChI=1S/C29H14N2O2/c32-27-17-9-2-1-8-16(17)22-14-23-26(18-10-5-11-19(27)25(18)22)31-28(30-23)20-12-3-6-15-7-4-13-21(24(15)20)29(31)33/h1-14H. The molecule has 0 radical (unpaired) electrons. The van der Waals surface area contributed by atoms with E-state index in [-0.39, 0.29) is 11.0 Å². The van der Waals surface area contributed by atoms with Crippen LogP contribution in [0, 0.1) is 0 Å². The molecule has 0 bridgehead atoms. The van der Waals surface area contributed by atoms with Gasteiger partial charge in [0, 0.05) is 37.7 Å². The van der Waals surface area contributed by atoms with Crippen molar-refractivity contribution in [1.82, 2.24) is 9.38 Å². The van der Waals surface area contributed by atoms with Gasteiger partial charge < -0.3 is 0 Å². The van der Waals surface area contributed by atoms with E-state index in [1.54, 1.807) is 4.40 Å². The summed E-state index contributed by atoms with van der Waals surface area (Å²) in [7, 11) is 0. The molecule has 152 valence electrons. The molecule has 0 fully saturated rings. The zero-order chi connectivity index (χ0) is 21.8. The summed E-state index contributed by atoms with van der Waals surface area (Å²) in [6, 6.07) is 27.4. The van der Waals surface area contributed by atoms with Crippen molar-refractivity contribution in [2.45, 2.75) is 0 Å². The van der Waals surface area contributed by atoms with Gasteiger partial charge in [0.1, 0.15) is 5.65 Å². The molecule has 0 saturated heterocycles. The maximum absolute atomic E-state index is 13.8. The van der Waals surface area contributed by atoms with Crippen LogP contribution in [0.2, 0.25) is 0 Å². The third-order valence-electron chi connectivity index (χ3n) is 7.06. The number of imidazole rings is 1. The minimum atomic E-state index is -0.0833. The van der Waals surface area contributed by atoms with Crippen LogP contribution in [0.4, 0.5) is 0 Å². The highest BCUT2D eigenvalue weighted by atomic mass is 16.1. The van der Waals surface area contributed by atoms with Crippen molar-refractivity contribution < 1.29 is 0 Å². The van der Waals surface area contributed by atoms with Gasteiger partial charge in [-0.2, -0.15) is 0 Å². The van der Waals surface area contributed by atoms with Crippen molar-refractivity contribution in [3.63, 3.8) is 0 Å². The Bertz CT molecular complexity index is 2220. The summed E-state index contributed by atoms with van der Waals surface area (Å²) in [6.45, 7) is 0. The van der Waals surface area contributed by atoms with Gasteiger partial charge in [0.25, 0.3) is 5.56 Å². The van der Waals surface area contributed by atoms with Crippen LogP contribution in [0.1, 0.15) is 0 Å². The second-order valence-corrected chi connectivity index (χ2v) is 8.68.